The lowest BCUT2D eigenvalue weighted by Gasteiger charge is -2.10. The van der Waals surface area contributed by atoms with E-state index in [4.69, 9.17) is 9.84 Å². The van der Waals surface area contributed by atoms with E-state index in [9.17, 15) is 13.6 Å². The summed E-state index contributed by atoms with van der Waals surface area (Å²) in [6.07, 6.45) is 0. The first kappa shape index (κ1) is 14.5. The van der Waals surface area contributed by atoms with Gasteiger partial charge in [0.25, 0.3) is 0 Å². The van der Waals surface area contributed by atoms with E-state index in [1.54, 1.807) is 18.2 Å². The van der Waals surface area contributed by atoms with Crippen LogP contribution in [0, 0.1) is 11.6 Å². The first-order valence-corrected chi connectivity index (χ1v) is 6.37. The molecule has 0 saturated heterocycles. The maximum atomic E-state index is 13.5. The molecule has 0 aromatic heterocycles. The van der Waals surface area contributed by atoms with Crippen LogP contribution in [0.4, 0.5) is 8.78 Å². The smallest absolute Gasteiger partial charge is 0.336 e. The number of hydrogen-bond donors (Lipinski definition) is 1. The molecule has 0 aliphatic rings. The molecule has 0 radical (unpaired) electrons. The van der Waals surface area contributed by atoms with E-state index < -0.39 is 17.6 Å². The molecule has 0 aliphatic heterocycles. The van der Waals surface area contributed by atoms with Crippen LogP contribution in [0.15, 0.2) is 40.9 Å². The molecule has 0 aliphatic carbocycles. The molecule has 0 spiro atoms. The largest absolute Gasteiger partial charge is 0.486 e. The molecule has 3 nitrogen and oxygen atoms in total. The minimum Gasteiger partial charge on any atom is -0.486 e. The summed E-state index contributed by atoms with van der Waals surface area (Å²) in [6, 6.07) is 8.44. The molecule has 20 heavy (non-hydrogen) atoms. The second-order valence-electron chi connectivity index (χ2n) is 3.95. The maximum Gasteiger partial charge on any atom is 0.336 e. The van der Waals surface area contributed by atoms with Crippen molar-refractivity contribution in [2.24, 2.45) is 0 Å². The van der Waals surface area contributed by atoms with Crippen molar-refractivity contribution in [2.75, 3.05) is 0 Å². The van der Waals surface area contributed by atoms with Crippen LogP contribution in [0.5, 0.6) is 5.75 Å². The van der Waals surface area contributed by atoms with Crippen molar-refractivity contribution < 1.29 is 23.4 Å². The van der Waals surface area contributed by atoms with Gasteiger partial charge in [0.05, 0.1) is 5.56 Å². The van der Waals surface area contributed by atoms with Crippen LogP contribution in [0.3, 0.4) is 0 Å². The summed E-state index contributed by atoms with van der Waals surface area (Å²) in [4.78, 5) is 11.0. The molecular formula is C14H9BrF2O3. The predicted octanol–water partition coefficient (Wildman–Crippen LogP) is 4.00. The summed E-state index contributed by atoms with van der Waals surface area (Å²) in [7, 11) is 0. The fourth-order valence-electron chi connectivity index (χ4n) is 1.65. The summed E-state index contributed by atoms with van der Waals surface area (Å²) in [5.41, 5.74) is 0.433. The van der Waals surface area contributed by atoms with E-state index in [2.05, 4.69) is 15.9 Å². The Morgan fingerprint density at radius 2 is 1.95 bits per heavy atom. The molecule has 0 heterocycles. The van der Waals surface area contributed by atoms with Gasteiger partial charge in [-0.05, 0) is 18.2 Å². The van der Waals surface area contributed by atoms with Gasteiger partial charge in [-0.1, -0.05) is 34.1 Å². The van der Waals surface area contributed by atoms with Crippen molar-refractivity contribution in [3.8, 4) is 5.75 Å². The molecule has 0 atom stereocenters. The highest BCUT2D eigenvalue weighted by Gasteiger charge is 2.14. The van der Waals surface area contributed by atoms with E-state index in [1.165, 1.54) is 12.1 Å². The molecule has 2 aromatic carbocycles. The zero-order valence-corrected chi connectivity index (χ0v) is 11.7. The number of aromatic carboxylic acids is 1. The summed E-state index contributed by atoms with van der Waals surface area (Å²) in [5.74, 6) is -3.54. The minimum absolute atomic E-state index is 0.0587. The van der Waals surface area contributed by atoms with Crippen molar-refractivity contribution in [2.45, 2.75) is 6.61 Å². The Morgan fingerprint density at radius 1 is 1.25 bits per heavy atom. The van der Waals surface area contributed by atoms with Crippen molar-refractivity contribution in [1.82, 2.24) is 0 Å². The van der Waals surface area contributed by atoms with Gasteiger partial charge in [-0.3, -0.25) is 0 Å². The summed E-state index contributed by atoms with van der Waals surface area (Å²) in [5, 5.41) is 9.01. The standard InChI is InChI=1S/C14H9BrF2O3/c15-9-5-11(16)13(17)12(6-9)20-7-8-3-1-2-4-10(8)14(18)19/h1-6H,7H2,(H,18,19). The Labute approximate surface area is 121 Å². The van der Waals surface area contributed by atoms with E-state index in [0.29, 0.717) is 10.0 Å². The average Bonchev–Trinajstić information content (AvgIpc) is 2.41. The number of carboxylic acid groups (broad SMARTS) is 1. The minimum atomic E-state index is -1.11. The van der Waals surface area contributed by atoms with Gasteiger partial charge in [-0.25, -0.2) is 9.18 Å². The highest BCUT2D eigenvalue weighted by atomic mass is 79.9. The fourth-order valence-corrected chi connectivity index (χ4v) is 2.06. The van der Waals surface area contributed by atoms with Gasteiger partial charge >= 0.3 is 5.97 Å². The number of carbonyl (C=O) groups is 1. The monoisotopic (exact) mass is 342 g/mol. The van der Waals surface area contributed by atoms with E-state index >= 15 is 0 Å². The zero-order chi connectivity index (χ0) is 14.7. The topological polar surface area (TPSA) is 46.5 Å². The van der Waals surface area contributed by atoms with Crippen molar-refractivity contribution in [3.05, 3.63) is 63.6 Å². The molecule has 0 bridgehead atoms. The Bertz CT molecular complexity index is 659. The summed E-state index contributed by atoms with van der Waals surface area (Å²) < 4.78 is 32.2. The van der Waals surface area contributed by atoms with E-state index in [1.807, 2.05) is 0 Å². The number of halogens is 3. The molecule has 0 fully saturated rings. The lowest BCUT2D eigenvalue weighted by Crippen LogP contribution is -2.06. The normalized spacial score (nSPS) is 10.3. The SMILES string of the molecule is O=C(O)c1ccccc1COc1cc(Br)cc(F)c1F. The zero-order valence-electron chi connectivity index (χ0n) is 10.1. The predicted molar refractivity (Wildman–Crippen MR) is 71.8 cm³/mol. The molecular weight excluding hydrogens is 334 g/mol. The Hall–Kier alpha value is -1.95. The van der Waals surface area contributed by atoms with Crippen LogP contribution in [0.1, 0.15) is 15.9 Å². The number of hydrogen-bond acceptors (Lipinski definition) is 2. The molecule has 1 N–H and O–H groups in total. The molecule has 104 valence electrons. The van der Waals surface area contributed by atoms with Crippen molar-refractivity contribution in [3.63, 3.8) is 0 Å². The van der Waals surface area contributed by atoms with Gasteiger partial charge < -0.3 is 9.84 Å². The van der Waals surface area contributed by atoms with Gasteiger partial charge in [0.15, 0.2) is 11.6 Å². The lowest BCUT2D eigenvalue weighted by molar-refractivity contribution is 0.0694. The summed E-state index contributed by atoms with van der Waals surface area (Å²) >= 11 is 3.03. The number of ether oxygens (including phenoxy) is 1. The van der Waals surface area contributed by atoms with Crippen LogP contribution in [-0.4, -0.2) is 11.1 Å². The average molecular weight is 343 g/mol. The lowest BCUT2D eigenvalue weighted by atomic mass is 10.1. The number of rotatable bonds is 4. The van der Waals surface area contributed by atoms with Crippen LogP contribution in [0.25, 0.3) is 0 Å². The summed E-state index contributed by atoms with van der Waals surface area (Å²) in [6.45, 7) is -0.171. The van der Waals surface area contributed by atoms with E-state index in [-0.39, 0.29) is 17.9 Å². The highest BCUT2D eigenvalue weighted by molar-refractivity contribution is 9.10. The maximum absolute atomic E-state index is 13.5. The Kier molecular flexibility index (Phi) is 4.34. The van der Waals surface area contributed by atoms with Crippen LogP contribution in [-0.2, 0) is 6.61 Å². The van der Waals surface area contributed by atoms with Crippen molar-refractivity contribution in [1.29, 1.82) is 0 Å². The molecule has 0 saturated carbocycles. The molecule has 0 unspecified atom stereocenters. The molecule has 2 rings (SSSR count). The number of carboxylic acids is 1. The Balaban J connectivity index is 2.24. The Morgan fingerprint density at radius 3 is 2.65 bits per heavy atom. The highest BCUT2D eigenvalue weighted by Crippen LogP contribution is 2.26. The third-order valence-corrected chi connectivity index (χ3v) is 3.05. The van der Waals surface area contributed by atoms with Crippen LogP contribution in [0.2, 0.25) is 0 Å². The second-order valence-corrected chi connectivity index (χ2v) is 4.87. The van der Waals surface area contributed by atoms with E-state index in [0.717, 1.165) is 6.07 Å². The van der Waals surface area contributed by atoms with Crippen molar-refractivity contribution >= 4 is 21.9 Å². The number of benzene rings is 2. The quantitative estimate of drug-likeness (QED) is 0.854. The molecule has 2 aromatic rings. The van der Waals surface area contributed by atoms with Gasteiger partial charge in [0.1, 0.15) is 6.61 Å². The van der Waals surface area contributed by atoms with Gasteiger partial charge in [-0.2, -0.15) is 4.39 Å². The molecule has 6 heteroatoms. The van der Waals surface area contributed by atoms with Gasteiger partial charge in [0, 0.05) is 10.0 Å². The second kappa shape index (κ2) is 6.00. The first-order valence-electron chi connectivity index (χ1n) is 5.57. The first-order chi connectivity index (χ1) is 9.49. The molecule has 0 amide bonds. The third kappa shape index (κ3) is 3.14. The fraction of sp³-hybridized carbons (Fsp3) is 0.0714. The van der Waals surface area contributed by atoms with Gasteiger partial charge in [-0.15, -0.1) is 0 Å². The van der Waals surface area contributed by atoms with Gasteiger partial charge in [0.2, 0.25) is 5.82 Å². The van der Waals surface area contributed by atoms with Crippen LogP contribution >= 0.6 is 15.9 Å². The third-order valence-electron chi connectivity index (χ3n) is 2.59. The van der Waals surface area contributed by atoms with Crippen LogP contribution < -0.4 is 4.74 Å².